The minimum Gasteiger partial charge on any atom is -0.444 e. The maximum atomic E-state index is 12.0. The molecule has 0 bridgehead atoms. The number of nitrogens with zero attached hydrogens (tertiary/aromatic N) is 1. The summed E-state index contributed by atoms with van der Waals surface area (Å²) in [4.78, 5) is 13.8. The predicted octanol–water partition coefficient (Wildman–Crippen LogP) is 2.14. The minimum atomic E-state index is -0.423. The highest BCUT2D eigenvalue weighted by molar-refractivity contribution is 5.68. The highest BCUT2D eigenvalue weighted by Gasteiger charge is 2.29. The summed E-state index contributed by atoms with van der Waals surface area (Å²) in [6.07, 6.45) is 4.78. The molecule has 1 heterocycles. The number of aliphatic hydroxyl groups excluding tert-OH is 1. The van der Waals surface area contributed by atoms with E-state index in [0.29, 0.717) is 5.92 Å². The molecule has 2 fully saturated rings. The SMILES string of the molecule is CC(C)(C)OC(=O)N1CCC(CN[C@H]2CCC[C@@H]2O)CC1. The molecule has 2 N–H and O–H groups in total. The van der Waals surface area contributed by atoms with Crippen LogP contribution in [0, 0.1) is 5.92 Å². The first-order chi connectivity index (χ1) is 9.85. The van der Waals surface area contributed by atoms with E-state index in [9.17, 15) is 9.90 Å². The minimum absolute atomic E-state index is 0.174. The molecule has 1 saturated carbocycles. The van der Waals surface area contributed by atoms with Gasteiger partial charge in [-0.3, -0.25) is 0 Å². The van der Waals surface area contributed by atoms with E-state index in [1.54, 1.807) is 0 Å². The van der Waals surface area contributed by atoms with Crippen LogP contribution in [0.4, 0.5) is 4.79 Å². The Morgan fingerprint density at radius 1 is 1.24 bits per heavy atom. The van der Waals surface area contributed by atoms with Gasteiger partial charge < -0.3 is 20.1 Å². The van der Waals surface area contributed by atoms with Crippen LogP contribution in [0.15, 0.2) is 0 Å². The van der Waals surface area contributed by atoms with Gasteiger partial charge in [-0.25, -0.2) is 4.79 Å². The van der Waals surface area contributed by atoms with Crippen molar-refractivity contribution in [1.29, 1.82) is 0 Å². The average Bonchev–Trinajstić information content (AvgIpc) is 2.80. The molecule has 0 unspecified atom stereocenters. The molecule has 2 atom stereocenters. The molecule has 5 nitrogen and oxygen atoms in total. The largest absolute Gasteiger partial charge is 0.444 e. The summed E-state index contributed by atoms with van der Waals surface area (Å²) in [5, 5.41) is 13.3. The highest BCUT2D eigenvalue weighted by atomic mass is 16.6. The molecule has 0 aromatic carbocycles. The molecular formula is C16H30N2O3. The zero-order valence-electron chi connectivity index (χ0n) is 13.6. The van der Waals surface area contributed by atoms with Crippen molar-refractivity contribution in [2.45, 2.75) is 70.6 Å². The van der Waals surface area contributed by atoms with Crippen LogP contribution in [-0.2, 0) is 4.74 Å². The van der Waals surface area contributed by atoms with Crippen LogP contribution in [0.2, 0.25) is 0 Å². The number of rotatable bonds is 3. The molecule has 2 rings (SSSR count). The number of aliphatic hydroxyl groups is 1. The molecule has 2 aliphatic rings. The van der Waals surface area contributed by atoms with Crippen LogP contribution in [0.5, 0.6) is 0 Å². The second kappa shape index (κ2) is 6.97. The van der Waals surface area contributed by atoms with Gasteiger partial charge in [0, 0.05) is 19.1 Å². The van der Waals surface area contributed by atoms with Crippen LogP contribution in [0.25, 0.3) is 0 Å². The van der Waals surface area contributed by atoms with Crippen LogP contribution in [0.3, 0.4) is 0 Å². The quantitative estimate of drug-likeness (QED) is 0.838. The van der Waals surface area contributed by atoms with Gasteiger partial charge in [0.25, 0.3) is 0 Å². The lowest BCUT2D eigenvalue weighted by atomic mass is 9.96. The van der Waals surface area contributed by atoms with Gasteiger partial charge in [0.2, 0.25) is 0 Å². The lowest BCUT2D eigenvalue weighted by Gasteiger charge is -2.34. The Balaban J connectivity index is 1.67. The summed E-state index contributed by atoms with van der Waals surface area (Å²) in [5.41, 5.74) is -0.423. The van der Waals surface area contributed by atoms with Crippen molar-refractivity contribution in [2.24, 2.45) is 5.92 Å². The third-order valence-electron chi connectivity index (χ3n) is 4.41. The van der Waals surface area contributed by atoms with Gasteiger partial charge in [0.05, 0.1) is 6.10 Å². The Bertz CT molecular complexity index is 346. The Labute approximate surface area is 128 Å². The fourth-order valence-electron chi connectivity index (χ4n) is 3.14. The molecule has 1 amide bonds. The monoisotopic (exact) mass is 298 g/mol. The number of amides is 1. The Morgan fingerprint density at radius 3 is 2.43 bits per heavy atom. The third kappa shape index (κ3) is 5.15. The fraction of sp³-hybridized carbons (Fsp3) is 0.938. The van der Waals surface area contributed by atoms with Crippen molar-refractivity contribution in [3.8, 4) is 0 Å². The second-order valence-corrected chi connectivity index (χ2v) is 7.42. The van der Waals surface area contributed by atoms with Crippen molar-refractivity contribution in [3.63, 3.8) is 0 Å². The molecule has 5 heteroatoms. The normalized spacial score (nSPS) is 27.9. The number of carbonyl (C=O) groups excluding carboxylic acids is 1. The van der Waals surface area contributed by atoms with Crippen LogP contribution < -0.4 is 5.32 Å². The predicted molar refractivity (Wildman–Crippen MR) is 82.2 cm³/mol. The summed E-state index contributed by atoms with van der Waals surface area (Å²) in [7, 11) is 0. The molecule has 0 aromatic rings. The molecule has 1 aliphatic heterocycles. The van der Waals surface area contributed by atoms with Crippen molar-refractivity contribution in [2.75, 3.05) is 19.6 Å². The summed E-state index contributed by atoms with van der Waals surface area (Å²) in [6.45, 7) is 8.18. The van der Waals surface area contributed by atoms with Gasteiger partial charge in [-0.2, -0.15) is 0 Å². The van der Waals surface area contributed by atoms with E-state index < -0.39 is 5.60 Å². The van der Waals surface area contributed by atoms with Gasteiger partial charge in [-0.1, -0.05) is 0 Å². The summed E-state index contributed by atoms with van der Waals surface area (Å²) in [5.74, 6) is 0.594. The zero-order valence-corrected chi connectivity index (χ0v) is 13.6. The molecule has 122 valence electrons. The van der Waals surface area contributed by atoms with Crippen molar-refractivity contribution in [3.05, 3.63) is 0 Å². The number of piperidine rings is 1. The van der Waals surface area contributed by atoms with E-state index in [-0.39, 0.29) is 18.2 Å². The van der Waals surface area contributed by atoms with E-state index in [1.807, 2.05) is 25.7 Å². The van der Waals surface area contributed by atoms with Gasteiger partial charge >= 0.3 is 6.09 Å². The van der Waals surface area contributed by atoms with Crippen molar-refractivity contribution in [1.82, 2.24) is 10.2 Å². The van der Waals surface area contributed by atoms with Crippen LogP contribution >= 0.6 is 0 Å². The first kappa shape index (κ1) is 16.6. The Hall–Kier alpha value is -0.810. The lowest BCUT2D eigenvalue weighted by molar-refractivity contribution is 0.0182. The van der Waals surface area contributed by atoms with E-state index in [0.717, 1.165) is 51.7 Å². The molecule has 1 saturated heterocycles. The molecule has 0 radical (unpaired) electrons. The highest BCUT2D eigenvalue weighted by Crippen LogP contribution is 2.22. The second-order valence-electron chi connectivity index (χ2n) is 7.42. The molecule has 0 aromatic heterocycles. The van der Waals surface area contributed by atoms with E-state index in [1.165, 1.54) is 0 Å². The summed E-state index contributed by atoms with van der Waals surface area (Å²) < 4.78 is 5.41. The van der Waals surface area contributed by atoms with E-state index >= 15 is 0 Å². The maximum absolute atomic E-state index is 12.0. The molecule has 0 spiro atoms. The first-order valence-corrected chi connectivity index (χ1v) is 8.24. The number of hydrogen-bond acceptors (Lipinski definition) is 4. The number of hydrogen-bond donors (Lipinski definition) is 2. The van der Waals surface area contributed by atoms with Crippen molar-refractivity contribution >= 4 is 6.09 Å². The molecule has 21 heavy (non-hydrogen) atoms. The average molecular weight is 298 g/mol. The van der Waals surface area contributed by atoms with E-state index in [2.05, 4.69) is 5.32 Å². The Morgan fingerprint density at radius 2 is 1.90 bits per heavy atom. The fourth-order valence-corrected chi connectivity index (χ4v) is 3.14. The standard InChI is InChI=1S/C16H30N2O3/c1-16(2,3)21-15(20)18-9-7-12(8-10-18)11-17-13-5-4-6-14(13)19/h12-14,17,19H,4-11H2,1-3H3/t13-,14-/m0/s1. The maximum Gasteiger partial charge on any atom is 0.410 e. The van der Waals surface area contributed by atoms with Gasteiger partial charge in [-0.05, 0) is 65.3 Å². The number of likely N-dealkylation sites (tertiary alicyclic amines) is 1. The lowest BCUT2D eigenvalue weighted by Crippen LogP contribution is -2.45. The first-order valence-electron chi connectivity index (χ1n) is 8.24. The number of nitrogens with one attached hydrogen (secondary N) is 1. The molecule has 1 aliphatic carbocycles. The molecular weight excluding hydrogens is 268 g/mol. The smallest absolute Gasteiger partial charge is 0.410 e. The topological polar surface area (TPSA) is 61.8 Å². The van der Waals surface area contributed by atoms with Gasteiger partial charge in [0.1, 0.15) is 5.60 Å². The van der Waals surface area contributed by atoms with Crippen LogP contribution in [-0.4, -0.2) is 53.5 Å². The third-order valence-corrected chi connectivity index (χ3v) is 4.41. The summed E-state index contributed by atoms with van der Waals surface area (Å²) in [6, 6.07) is 0.272. The van der Waals surface area contributed by atoms with Gasteiger partial charge in [0.15, 0.2) is 0 Å². The Kier molecular flexibility index (Phi) is 5.49. The van der Waals surface area contributed by atoms with Gasteiger partial charge in [-0.15, -0.1) is 0 Å². The number of carbonyl (C=O) groups is 1. The van der Waals surface area contributed by atoms with Crippen molar-refractivity contribution < 1.29 is 14.6 Å². The zero-order chi connectivity index (χ0) is 15.5. The summed E-state index contributed by atoms with van der Waals surface area (Å²) >= 11 is 0. The van der Waals surface area contributed by atoms with Crippen LogP contribution in [0.1, 0.15) is 52.9 Å². The van der Waals surface area contributed by atoms with E-state index in [4.69, 9.17) is 4.74 Å². The number of ether oxygens (including phenoxy) is 1.